The van der Waals surface area contributed by atoms with Gasteiger partial charge in [-0.25, -0.2) is 0 Å². The number of aldehydes is 1. The van der Waals surface area contributed by atoms with Gasteiger partial charge in [-0.2, -0.15) is 0 Å². The topological polar surface area (TPSA) is 22.0 Å². The van der Waals surface area contributed by atoms with E-state index in [0.717, 1.165) is 23.0 Å². The first kappa shape index (κ1) is 13.1. The van der Waals surface area contributed by atoms with Crippen molar-refractivity contribution in [1.29, 1.82) is 0 Å². The third-order valence-electron chi connectivity index (χ3n) is 3.88. The van der Waals surface area contributed by atoms with Gasteiger partial charge in [0, 0.05) is 27.0 Å². The predicted octanol–water partition coefficient (Wildman–Crippen LogP) is 5.25. The summed E-state index contributed by atoms with van der Waals surface area (Å²) in [5.41, 5.74) is 3.67. The zero-order valence-corrected chi connectivity index (χ0v) is 12.4. The van der Waals surface area contributed by atoms with Gasteiger partial charge in [-0.3, -0.25) is 4.79 Å². The fourth-order valence-electron chi connectivity index (χ4n) is 2.99. The molecule has 0 aliphatic rings. The van der Waals surface area contributed by atoms with E-state index in [1.165, 1.54) is 10.8 Å². The molecule has 4 aromatic rings. The first-order valence-corrected chi connectivity index (χ1v) is 7.40. The van der Waals surface area contributed by atoms with Gasteiger partial charge in [0.25, 0.3) is 0 Å². The lowest BCUT2D eigenvalue weighted by molar-refractivity contribution is 0.112. The fourth-order valence-corrected chi connectivity index (χ4v) is 3.23. The van der Waals surface area contributed by atoms with E-state index in [2.05, 4.69) is 28.8 Å². The summed E-state index contributed by atoms with van der Waals surface area (Å²) in [4.78, 5) is 11.1. The number of carbonyl (C=O) groups excluding carboxylic acids is 1. The molecule has 0 atom stereocenters. The van der Waals surface area contributed by atoms with Crippen molar-refractivity contribution in [2.24, 2.45) is 0 Å². The second-order valence-electron chi connectivity index (χ2n) is 5.23. The summed E-state index contributed by atoms with van der Waals surface area (Å²) < 4.78 is 2.14. The number of carbonyl (C=O) groups is 1. The SMILES string of the molecule is O=Cc1cc(Cl)cc(-n2c3ccccc3c3ccccc32)c1. The van der Waals surface area contributed by atoms with Gasteiger partial charge in [-0.05, 0) is 30.3 Å². The molecule has 0 spiro atoms. The monoisotopic (exact) mass is 305 g/mol. The van der Waals surface area contributed by atoms with Gasteiger partial charge in [0.1, 0.15) is 6.29 Å². The normalized spacial score (nSPS) is 11.1. The largest absolute Gasteiger partial charge is 0.309 e. The van der Waals surface area contributed by atoms with Crippen molar-refractivity contribution >= 4 is 39.7 Å². The van der Waals surface area contributed by atoms with Crippen molar-refractivity contribution in [2.75, 3.05) is 0 Å². The number of rotatable bonds is 2. The van der Waals surface area contributed by atoms with Crippen molar-refractivity contribution in [3.8, 4) is 5.69 Å². The van der Waals surface area contributed by atoms with Gasteiger partial charge in [0.2, 0.25) is 0 Å². The van der Waals surface area contributed by atoms with E-state index >= 15 is 0 Å². The van der Waals surface area contributed by atoms with Crippen LogP contribution in [0.2, 0.25) is 5.02 Å². The minimum Gasteiger partial charge on any atom is -0.309 e. The molecule has 1 aromatic heterocycles. The van der Waals surface area contributed by atoms with Gasteiger partial charge in [-0.1, -0.05) is 48.0 Å². The van der Waals surface area contributed by atoms with Crippen LogP contribution in [0.4, 0.5) is 0 Å². The molecule has 106 valence electrons. The van der Waals surface area contributed by atoms with Crippen LogP contribution in [0.5, 0.6) is 0 Å². The second-order valence-corrected chi connectivity index (χ2v) is 5.67. The molecule has 3 aromatic carbocycles. The van der Waals surface area contributed by atoms with Gasteiger partial charge in [0.15, 0.2) is 0 Å². The predicted molar refractivity (Wildman–Crippen MR) is 91.2 cm³/mol. The molecule has 0 saturated carbocycles. The van der Waals surface area contributed by atoms with Crippen LogP contribution in [0.1, 0.15) is 10.4 Å². The number of aromatic nitrogens is 1. The molecule has 0 radical (unpaired) electrons. The number of halogens is 1. The molecule has 22 heavy (non-hydrogen) atoms. The van der Waals surface area contributed by atoms with E-state index in [4.69, 9.17) is 11.6 Å². The van der Waals surface area contributed by atoms with E-state index in [-0.39, 0.29) is 0 Å². The molecule has 3 heteroatoms. The lowest BCUT2D eigenvalue weighted by atomic mass is 10.2. The number of hydrogen-bond donors (Lipinski definition) is 0. The minimum absolute atomic E-state index is 0.557. The van der Waals surface area contributed by atoms with Gasteiger partial charge in [-0.15, -0.1) is 0 Å². The third kappa shape index (κ3) is 1.92. The molecule has 1 heterocycles. The van der Waals surface area contributed by atoms with Crippen molar-refractivity contribution in [1.82, 2.24) is 4.57 Å². The van der Waals surface area contributed by atoms with Crippen LogP contribution in [0, 0.1) is 0 Å². The Morgan fingerprint density at radius 1 is 0.818 bits per heavy atom. The quantitative estimate of drug-likeness (QED) is 0.464. The summed E-state index contributed by atoms with van der Waals surface area (Å²) in [6, 6.07) is 21.9. The highest BCUT2D eigenvalue weighted by Gasteiger charge is 2.12. The Labute approximate surface area is 132 Å². The summed E-state index contributed by atoms with van der Waals surface area (Å²) in [6.45, 7) is 0. The molecule has 0 fully saturated rings. The first-order chi connectivity index (χ1) is 10.8. The van der Waals surface area contributed by atoms with Crippen LogP contribution >= 0.6 is 11.6 Å². The summed E-state index contributed by atoms with van der Waals surface area (Å²) in [5, 5.41) is 2.93. The molecule has 0 amide bonds. The lowest BCUT2D eigenvalue weighted by Gasteiger charge is -2.09. The number of nitrogens with zero attached hydrogens (tertiary/aromatic N) is 1. The smallest absolute Gasteiger partial charge is 0.150 e. The summed E-state index contributed by atoms with van der Waals surface area (Å²) in [5.74, 6) is 0. The molecule has 4 rings (SSSR count). The van der Waals surface area contributed by atoms with Crippen molar-refractivity contribution in [2.45, 2.75) is 0 Å². The minimum atomic E-state index is 0.557. The van der Waals surface area contributed by atoms with E-state index in [1.807, 2.05) is 36.4 Å². The number of hydrogen-bond acceptors (Lipinski definition) is 1. The van der Waals surface area contributed by atoms with Crippen LogP contribution in [-0.4, -0.2) is 10.9 Å². The van der Waals surface area contributed by atoms with E-state index in [0.29, 0.717) is 10.6 Å². The fraction of sp³-hybridized carbons (Fsp3) is 0. The average molecular weight is 306 g/mol. The van der Waals surface area contributed by atoms with Crippen LogP contribution in [0.15, 0.2) is 66.7 Å². The van der Waals surface area contributed by atoms with Crippen molar-refractivity contribution in [3.63, 3.8) is 0 Å². The molecular formula is C19H12ClNO. The number of para-hydroxylation sites is 2. The standard InChI is InChI=1S/C19H12ClNO/c20-14-9-13(12-22)10-15(11-14)21-18-7-3-1-5-16(18)17-6-2-4-8-19(17)21/h1-12H. The van der Waals surface area contributed by atoms with E-state index in [1.54, 1.807) is 6.07 Å². The maximum atomic E-state index is 11.1. The van der Waals surface area contributed by atoms with Gasteiger partial charge < -0.3 is 4.57 Å². The summed E-state index contributed by atoms with van der Waals surface area (Å²) in [6.07, 6.45) is 0.823. The van der Waals surface area contributed by atoms with Gasteiger partial charge in [0.05, 0.1) is 11.0 Å². The maximum absolute atomic E-state index is 11.1. The van der Waals surface area contributed by atoms with E-state index < -0.39 is 0 Å². The van der Waals surface area contributed by atoms with Gasteiger partial charge >= 0.3 is 0 Å². The maximum Gasteiger partial charge on any atom is 0.150 e. The lowest BCUT2D eigenvalue weighted by Crippen LogP contribution is -1.95. The number of fused-ring (bicyclic) bond motifs is 3. The Hall–Kier alpha value is -2.58. The molecule has 0 saturated heterocycles. The molecule has 0 aliphatic carbocycles. The highest BCUT2D eigenvalue weighted by molar-refractivity contribution is 6.31. The van der Waals surface area contributed by atoms with Crippen molar-refractivity contribution in [3.05, 3.63) is 77.3 Å². The highest BCUT2D eigenvalue weighted by Crippen LogP contribution is 2.32. The highest BCUT2D eigenvalue weighted by atomic mass is 35.5. The van der Waals surface area contributed by atoms with Crippen LogP contribution in [0.25, 0.3) is 27.5 Å². The Kier molecular flexibility index (Phi) is 2.98. The molecule has 0 unspecified atom stereocenters. The van der Waals surface area contributed by atoms with E-state index in [9.17, 15) is 4.79 Å². The number of benzene rings is 3. The Bertz CT molecular complexity index is 963. The molecule has 2 nitrogen and oxygen atoms in total. The second kappa shape index (κ2) is 5.00. The third-order valence-corrected chi connectivity index (χ3v) is 4.10. The summed E-state index contributed by atoms with van der Waals surface area (Å²) >= 11 is 6.18. The van der Waals surface area contributed by atoms with Crippen LogP contribution < -0.4 is 0 Å². The molecule has 0 aliphatic heterocycles. The van der Waals surface area contributed by atoms with Crippen molar-refractivity contribution < 1.29 is 4.79 Å². The summed E-state index contributed by atoms with van der Waals surface area (Å²) in [7, 11) is 0. The van der Waals surface area contributed by atoms with Crippen LogP contribution in [0.3, 0.4) is 0 Å². The zero-order chi connectivity index (χ0) is 15.1. The molecular weight excluding hydrogens is 294 g/mol. The molecule has 0 bridgehead atoms. The zero-order valence-electron chi connectivity index (χ0n) is 11.7. The Balaban J connectivity index is 2.17. The Morgan fingerprint density at radius 2 is 1.41 bits per heavy atom. The Morgan fingerprint density at radius 3 is 2.00 bits per heavy atom. The average Bonchev–Trinajstić information content (AvgIpc) is 2.89. The molecule has 0 N–H and O–H groups in total. The van der Waals surface area contributed by atoms with Crippen LogP contribution in [-0.2, 0) is 0 Å². The first-order valence-electron chi connectivity index (χ1n) is 7.02.